The second-order valence-electron chi connectivity index (χ2n) is 7.46. The number of benzene rings is 2. The number of para-hydroxylation sites is 2. The van der Waals surface area contributed by atoms with E-state index in [9.17, 15) is 0 Å². The van der Waals surface area contributed by atoms with Crippen LogP contribution in [0.4, 0.5) is 5.13 Å². The average molecular weight is 377 g/mol. The van der Waals surface area contributed by atoms with Gasteiger partial charge in [0.25, 0.3) is 0 Å². The Morgan fingerprint density at radius 2 is 1.85 bits per heavy atom. The van der Waals surface area contributed by atoms with Gasteiger partial charge in [-0.25, -0.2) is 4.98 Å². The summed E-state index contributed by atoms with van der Waals surface area (Å²) in [7, 11) is 2.14. The first-order chi connectivity index (χ1) is 13.3. The lowest BCUT2D eigenvalue weighted by molar-refractivity contribution is 0.212. The number of piperidine rings is 1. The zero-order chi connectivity index (χ0) is 18.2. The molecule has 27 heavy (non-hydrogen) atoms. The third kappa shape index (κ3) is 3.33. The SMILES string of the molecule is Cn1cc(CN2CCC(Nc3nc4ccccc4s3)CC2)c2ccccc21. The first-order valence-electron chi connectivity index (χ1n) is 9.64. The maximum atomic E-state index is 4.72. The van der Waals surface area contributed by atoms with Crippen molar-refractivity contribution in [2.24, 2.45) is 7.05 Å². The summed E-state index contributed by atoms with van der Waals surface area (Å²) in [5, 5.41) is 6.11. The normalized spacial score (nSPS) is 16.3. The quantitative estimate of drug-likeness (QED) is 0.552. The molecule has 4 nitrogen and oxygen atoms in total. The molecule has 138 valence electrons. The molecule has 0 atom stereocenters. The van der Waals surface area contributed by atoms with Crippen LogP contribution in [0.2, 0.25) is 0 Å². The van der Waals surface area contributed by atoms with Gasteiger partial charge in [0.1, 0.15) is 0 Å². The number of nitrogens with zero attached hydrogens (tertiary/aromatic N) is 3. The minimum Gasteiger partial charge on any atom is -0.359 e. The monoisotopic (exact) mass is 376 g/mol. The lowest BCUT2D eigenvalue weighted by atomic mass is 10.0. The Labute approximate surface area is 163 Å². The van der Waals surface area contributed by atoms with Gasteiger partial charge in [-0.2, -0.15) is 0 Å². The summed E-state index contributed by atoms with van der Waals surface area (Å²) in [6.45, 7) is 3.30. The summed E-state index contributed by atoms with van der Waals surface area (Å²) < 4.78 is 3.50. The molecule has 1 aliphatic heterocycles. The highest BCUT2D eigenvalue weighted by atomic mass is 32.1. The van der Waals surface area contributed by atoms with Gasteiger partial charge in [0.15, 0.2) is 5.13 Å². The number of likely N-dealkylation sites (tertiary alicyclic amines) is 1. The van der Waals surface area contributed by atoms with Gasteiger partial charge in [0, 0.05) is 49.8 Å². The van der Waals surface area contributed by atoms with Crippen molar-refractivity contribution in [3.63, 3.8) is 0 Å². The van der Waals surface area contributed by atoms with Crippen LogP contribution >= 0.6 is 11.3 Å². The Morgan fingerprint density at radius 3 is 2.70 bits per heavy atom. The van der Waals surface area contributed by atoms with Crippen LogP contribution in [0.5, 0.6) is 0 Å². The molecule has 0 spiro atoms. The van der Waals surface area contributed by atoms with Crippen LogP contribution < -0.4 is 5.32 Å². The largest absolute Gasteiger partial charge is 0.359 e. The molecule has 4 aromatic rings. The Kier molecular flexibility index (Phi) is 4.34. The number of rotatable bonds is 4. The number of fused-ring (bicyclic) bond motifs is 2. The lowest BCUT2D eigenvalue weighted by Crippen LogP contribution is -2.38. The molecule has 0 saturated carbocycles. The predicted molar refractivity (Wildman–Crippen MR) is 114 cm³/mol. The zero-order valence-corrected chi connectivity index (χ0v) is 16.4. The van der Waals surface area contributed by atoms with Gasteiger partial charge in [-0.3, -0.25) is 4.90 Å². The number of hydrogen-bond donors (Lipinski definition) is 1. The van der Waals surface area contributed by atoms with Crippen LogP contribution in [0, 0.1) is 0 Å². The molecule has 2 aromatic carbocycles. The second kappa shape index (κ2) is 6.98. The topological polar surface area (TPSA) is 33.1 Å². The minimum atomic E-state index is 0.523. The number of hydrogen-bond acceptors (Lipinski definition) is 4. The summed E-state index contributed by atoms with van der Waals surface area (Å²) in [6, 6.07) is 17.6. The molecular formula is C22H24N4S. The predicted octanol–water partition coefficient (Wildman–Crippen LogP) is 4.86. The molecular weight excluding hydrogens is 352 g/mol. The standard InChI is InChI=1S/C22H24N4S/c1-25-14-16(18-6-2-4-8-20(18)25)15-26-12-10-17(11-13-26)23-22-24-19-7-3-5-9-21(19)27-22/h2-9,14,17H,10-13,15H2,1H3,(H,23,24). The minimum absolute atomic E-state index is 0.523. The van der Waals surface area contributed by atoms with Crippen molar-refractivity contribution in [1.29, 1.82) is 0 Å². The summed E-state index contributed by atoms with van der Waals surface area (Å²) in [5.74, 6) is 0. The Hall–Kier alpha value is -2.37. The van der Waals surface area contributed by atoms with Crippen molar-refractivity contribution in [2.45, 2.75) is 25.4 Å². The van der Waals surface area contributed by atoms with Gasteiger partial charge < -0.3 is 9.88 Å². The molecule has 2 aromatic heterocycles. The smallest absolute Gasteiger partial charge is 0.184 e. The molecule has 1 aliphatic rings. The number of aryl methyl sites for hydroxylation is 1. The molecule has 1 N–H and O–H groups in total. The third-order valence-corrected chi connectivity index (χ3v) is 6.55. The fourth-order valence-electron chi connectivity index (χ4n) is 4.14. The molecule has 5 rings (SSSR count). The van der Waals surface area contributed by atoms with Crippen molar-refractivity contribution in [2.75, 3.05) is 18.4 Å². The van der Waals surface area contributed by atoms with E-state index in [0.717, 1.165) is 30.3 Å². The average Bonchev–Trinajstić information content (AvgIpc) is 3.24. The highest BCUT2D eigenvalue weighted by Gasteiger charge is 2.21. The van der Waals surface area contributed by atoms with E-state index in [-0.39, 0.29) is 0 Å². The molecule has 1 saturated heterocycles. The zero-order valence-electron chi connectivity index (χ0n) is 15.6. The van der Waals surface area contributed by atoms with E-state index in [2.05, 4.69) is 76.6 Å². The van der Waals surface area contributed by atoms with Crippen LogP contribution in [0.3, 0.4) is 0 Å². The van der Waals surface area contributed by atoms with E-state index in [0.29, 0.717) is 6.04 Å². The van der Waals surface area contributed by atoms with E-state index in [1.165, 1.54) is 34.0 Å². The molecule has 5 heteroatoms. The maximum absolute atomic E-state index is 4.72. The number of thiazole rings is 1. The van der Waals surface area contributed by atoms with E-state index < -0.39 is 0 Å². The molecule has 0 amide bonds. The fourth-order valence-corrected chi connectivity index (χ4v) is 5.08. The number of anilines is 1. The van der Waals surface area contributed by atoms with Gasteiger partial charge in [0.05, 0.1) is 10.2 Å². The Bertz CT molecular complexity index is 1040. The van der Waals surface area contributed by atoms with Crippen LogP contribution in [-0.4, -0.2) is 33.6 Å². The van der Waals surface area contributed by atoms with Gasteiger partial charge in [0.2, 0.25) is 0 Å². The highest BCUT2D eigenvalue weighted by molar-refractivity contribution is 7.22. The highest BCUT2D eigenvalue weighted by Crippen LogP contribution is 2.28. The number of nitrogens with one attached hydrogen (secondary N) is 1. The Balaban J connectivity index is 1.22. The van der Waals surface area contributed by atoms with Crippen molar-refractivity contribution in [3.8, 4) is 0 Å². The van der Waals surface area contributed by atoms with Crippen molar-refractivity contribution >= 4 is 37.6 Å². The molecule has 3 heterocycles. The first kappa shape index (κ1) is 16.8. The van der Waals surface area contributed by atoms with Gasteiger partial charge in [-0.1, -0.05) is 41.7 Å². The summed E-state index contributed by atoms with van der Waals surface area (Å²) in [6.07, 6.45) is 4.62. The summed E-state index contributed by atoms with van der Waals surface area (Å²) >= 11 is 1.76. The van der Waals surface area contributed by atoms with E-state index >= 15 is 0 Å². The van der Waals surface area contributed by atoms with E-state index in [1.807, 2.05) is 0 Å². The van der Waals surface area contributed by atoms with Crippen LogP contribution in [0.1, 0.15) is 18.4 Å². The van der Waals surface area contributed by atoms with Crippen LogP contribution in [0.15, 0.2) is 54.7 Å². The maximum Gasteiger partial charge on any atom is 0.184 e. The van der Waals surface area contributed by atoms with Gasteiger partial charge in [-0.05, 0) is 36.6 Å². The van der Waals surface area contributed by atoms with E-state index in [4.69, 9.17) is 4.98 Å². The van der Waals surface area contributed by atoms with Crippen LogP contribution in [0.25, 0.3) is 21.1 Å². The molecule has 0 bridgehead atoms. The molecule has 1 fully saturated rings. The molecule has 0 radical (unpaired) electrons. The third-order valence-electron chi connectivity index (χ3n) is 5.58. The molecule has 0 aliphatic carbocycles. The molecule has 0 unspecified atom stereocenters. The van der Waals surface area contributed by atoms with Crippen molar-refractivity contribution in [3.05, 3.63) is 60.3 Å². The van der Waals surface area contributed by atoms with Gasteiger partial charge in [-0.15, -0.1) is 0 Å². The second-order valence-corrected chi connectivity index (χ2v) is 8.49. The fraction of sp³-hybridized carbons (Fsp3) is 0.318. The summed E-state index contributed by atoms with van der Waals surface area (Å²) in [4.78, 5) is 7.30. The van der Waals surface area contributed by atoms with Crippen molar-refractivity contribution in [1.82, 2.24) is 14.5 Å². The van der Waals surface area contributed by atoms with Crippen molar-refractivity contribution < 1.29 is 0 Å². The Morgan fingerprint density at radius 1 is 1.07 bits per heavy atom. The summed E-state index contributed by atoms with van der Waals surface area (Å²) in [5.41, 5.74) is 3.85. The van der Waals surface area contributed by atoms with E-state index in [1.54, 1.807) is 11.3 Å². The van der Waals surface area contributed by atoms with Gasteiger partial charge >= 0.3 is 0 Å². The first-order valence-corrected chi connectivity index (χ1v) is 10.5. The lowest BCUT2D eigenvalue weighted by Gasteiger charge is -2.32. The number of aromatic nitrogens is 2. The van der Waals surface area contributed by atoms with Crippen LogP contribution in [-0.2, 0) is 13.6 Å².